The Bertz CT molecular complexity index is 1100. The molecule has 0 radical (unpaired) electrons. The molecule has 146 valence electrons. The number of amides is 1. The number of benzene rings is 2. The van der Waals surface area contributed by atoms with E-state index < -0.39 is 10.0 Å². The number of hydrogen-bond donors (Lipinski definition) is 0. The molecule has 0 N–H and O–H groups in total. The number of aryl methyl sites for hydroxylation is 1. The summed E-state index contributed by atoms with van der Waals surface area (Å²) in [6.45, 7) is 3.27. The highest BCUT2D eigenvalue weighted by atomic mass is 32.2. The second-order valence-corrected chi connectivity index (χ2v) is 8.67. The lowest BCUT2D eigenvalue weighted by molar-refractivity contribution is 0.0698. The predicted molar refractivity (Wildman–Crippen MR) is 104 cm³/mol. The van der Waals surface area contributed by atoms with E-state index in [9.17, 15) is 13.2 Å². The lowest BCUT2D eigenvalue weighted by atomic mass is 10.1. The number of carbonyl (C=O) groups is 1. The molecular weight excluding hydrogens is 378 g/mol. The average molecular weight is 399 g/mol. The van der Waals surface area contributed by atoms with Crippen LogP contribution in [0.3, 0.4) is 0 Å². The van der Waals surface area contributed by atoms with Gasteiger partial charge in [0, 0.05) is 31.7 Å². The quantitative estimate of drug-likeness (QED) is 0.673. The molecule has 0 spiro atoms. The van der Waals surface area contributed by atoms with Crippen molar-refractivity contribution in [2.75, 3.05) is 26.2 Å². The summed E-state index contributed by atoms with van der Waals surface area (Å²) in [6.07, 6.45) is 2.21. The Morgan fingerprint density at radius 1 is 1.07 bits per heavy atom. The van der Waals surface area contributed by atoms with Gasteiger partial charge in [0.05, 0.1) is 4.90 Å². The maximum atomic E-state index is 12.9. The normalized spacial score (nSPS) is 15.8. The summed E-state index contributed by atoms with van der Waals surface area (Å²) in [5, 5.41) is 0. The first kappa shape index (κ1) is 18.6. The van der Waals surface area contributed by atoms with Gasteiger partial charge in [-0.3, -0.25) is 4.79 Å². The number of piperazine rings is 1. The Morgan fingerprint density at radius 2 is 1.79 bits per heavy atom. The van der Waals surface area contributed by atoms with Crippen LogP contribution in [0, 0.1) is 0 Å². The molecule has 1 saturated heterocycles. The Morgan fingerprint density at radius 3 is 2.46 bits per heavy atom. The highest BCUT2D eigenvalue weighted by Gasteiger charge is 2.30. The summed E-state index contributed by atoms with van der Waals surface area (Å²) in [6, 6.07) is 12.1. The number of sulfonamides is 1. The van der Waals surface area contributed by atoms with Crippen LogP contribution in [0.2, 0.25) is 0 Å². The highest BCUT2D eigenvalue weighted by molar-refractivity contribution is 7.89. The van der Waals surface area contributed by atoms with Crippen LogP contribution in [0.25, 0.3) is 11.1 Å². The van der Waals surface area contributed by atoms with Crippen molar-refractivity contribution in [3.8, 4) is 0 Å². The van der Waals surface area contributed by atoms with Gasteiger partial charge in [-0.05, 0) is 42.3 Å². The monoisotopic (exact) mass is 399 g/mol. The summed E-state index contributed by atoms with van der Waals surface area (Å²) in [4.78, 5) is 18.8. The molecule has 1 aliphatic rings. The van der Waals surface area contributed by atoms with E-state index in [1.54, 1.807) is 35.2 Å². The molecular formula is C20H21N3O4S. The molecule has 0 aliphatic carbocycles. The van der Waals surface area contributed by atoms with E-state index in [4.69, 9.17) is 4.42 Å². The van der Waals surface area contributed by atoms with E-state index in [2.05, 4.69) is 4.98 Å². The minimum Gasteiger partial charge on any atom is -0.443 e. The van der Waals surface area contributed by atoms with Crippen LogP contribution in [0.5, 0.6) is 0 Å². The number of nitrogens with zero attached hydrogens (tertiary/aromatic N) is 3. The molecule has 0 saturated carbocycles. The maximum Gasteiger partial charge on any atom is 0.254 e. The SMILES string of the molecule is CCc1ccc(S(=O)(=O)N2CCN(C(=O)c3ccc4ocnc4c3)CC2)cc1. The first-order valence-corrected chi connectivity index (χ1v) is 10.6. The van der Waals surface area contributed by atoms with E-state index in [0.717, 1.165) is 12.0 Å². The minimum absolute atomic E-state index is 0.130. The zero-order valence-electron chi connectivity index (χ0n) is 15.5. The third-order valence-corrected chi connectivity index (χ3v) is 6.99. The number of carbonyl (C=O) groups excluding carboxylic acids is 1. The van der Waals surface area contributed by atoms with Gasteiger partial charge in [0.15, 0.2) is 12.0 Å². The van der Waals surface area contributed by atoms with Gasteiger partial charge >= 0.3 is 0 Å². The Kier molecular flexibility index (Phi) is 4.91. The fourth-order valence-corrected chi connectivity index (χ4v) is 4.77. The van der Waals surface area contributed by atoms with Crippen LogP contribution in [0.1, 0.15) is 22.8 Å². The van der Waals surface area contributed by atoms with Crippen molar-refractivity contribution in [2.24, 2.45) is 0 Å². The average Bonchev–Trinajstić information content (AvgIpc) is 3.21. The zero-order chi connectivity index (χ0) is 19.7. The topological polar surface area (TPSA) is 83.7 Å². The molecule has 28 heavy (non-hydrogen) atoms. The van der Waals surface area contributed by atoms with Gasteiger partial charge in [-0.25, -0.2) is 13.4 Å². The van der Waals surface area contributed by atoms with Crippen molar-refractivity contribution in [3.63, 3.8) is 0 Å². The molecule has 8 heteroatoms. The predicted octanol–water partition coefficient (Wildman–Crippen LogP) is 2.54. The van der Waals surface area contributed by atoms with Crippen molar-refractivity contribution in [2.45, 2.75) is 18.2 Å². The van der Waals surface area contributed by atoms with Crippen LogP contribution in [-0.4, -0.2) is 54.7 Å². The summed E-state index contributed by atoms with van der Waals surface area (Å²) in [5.41, 5.74) is 2.87. The minimum atomic E-state index is -3.55. The molecule has 1 aliphatic heterocycles. The van der Waals surface area contributed by atoms with Crippen LogP contribution < -0.4 is 0 Å². The largest absolute Gasteiger partial charge is 0.443 e. The van der Waals surface area contributed by atoms with E-state index >= 15 is 0 Å². The third kappa shape index (κ3) is 3.41. The first-order chi connectivity index (χ1) is 13.5. The highest BCUT2D eigenvalue weighted by Crippen LogP contribution is 2.20. The molecule has 1 aromatic heterocycles. The van der Waals surface area contributed by atoms with Crippen molar-refractivity contribution < 1.29 is 17.6 Å². The first-order valence-electron chi connectivity index (χ1n) is 9.20. The third-order valence-electron chi connectivity index (χ3n) is 5.07. The van der Waals surface area contributed by atoms with Gasteiger partial charge in [0.1, 0.15) is 5.52 Å². The van der Waals surface area contributed by atoms with E-state index in [1.165, 1.54) is 10.7 Å². The van der Waals surface area contributed by atoms with E-state index in [1.807, 2.05) is 19.1 Å². The maximum absolute atomic E-state index is 12.9. The molecule has 4 rings (SSSR count). The van der Waals surface area contributed by atoms with Gasteiger partial charge in [-0.15, -0.1) is 0 Å². The number of rotatable bonds is 4. The van der Waals surface area contributed by atoms with Crippen molar-refractivity contribution in [1.29, 1.82) is 0 Å². The zero-order valence-corrected chi connectivity index (χ0v) is 16.4. The van der Waals surface area contributed by atoms with Gasteiger partial charge in [-0.1, -0.05) is 19.1 Å². The van der Waals surface area contributed by atoms with Crippen molar-refractivity contribution >= 4 is 27.0 Å². The smallest absolute Gasteiger partial charge is 0.254 e. The summed E-state index contributed by atoms with van der Waals surface area (Å²) in [7, 11) is -3.55. The molecule has 0 unspecified atom stereocenters. The van der Waals surface area contributed by atoms with Gasteiger partial charge in [0.25, 0.3) is 5.91 Å². The van der Waals surface area contributed by atoms with Gasteiger partial charge in [-0.2, -0.15) is 4.31 Å². The molecule has 2 heterocycles. The number of oxazole rings is 1. The van der Waals surface area contributed by atoms with Gasteiger partial charge in [0.2, 0.25) is 10.0 Å². The Labute approximate surface area is 163 Å². The number of fused-ring (bicyclic) bond motifs is 1. The Hall–Kier alpha value is -2.71. The number of hydrogen-bond acceptors (Lipinski definition) is 5. The van der Waals surface area contributed by atoms with Crippen LogP contribution in [0.4, 0.5) is 0 Å². The second-order valence-electron chi connectivity index (χ2n) is 6.73. The van der Waals surface area contributed by atoms with E-state index in [-0.39, 0.29) is 19.0 Å². The second kappa shape index (κ2) is 7.37. The Balaban J connectivity index is 1.45. The lowest BCUT2D eigenvalue weighted by Crippen LogP contribution is -2.50. The molecule has 1 amide bonds. The molecule has 1 fully saturated rings. The molecule has 7 nitrogen and oxygen atoms in total. The fourth-order valence-electron chi connectivity index (χ4n) is 3.35. The number of aromatic nitrogens is 1. The van der Waals surface area contributed by atoms with Crippen LogP contribution >= 0.6 is 0 Å². The molecule has 3 aromatic rings. The summed E-state index contributed by atoms with van der Waals surface area (Å²) in [5.74, 6) is -0.130. The summed E-state index contributed by atoms with van der Waals surface area (Å²) >= 11 is 0. The van der Waals surface area contributed by atoms with Crippen molar-refractivity contribution in [1.82, 2.24) is 14.2 Å². The van der Waals surface area contributed by atoms with Crippen LogP contribution in [-0.2, 0) is 16.4 Å². The summed E-state index contributed by atoms with van der Waals surface area (Å²) < 4.78 is 32.3. The molecule has 2 aromatic carbocycles. The molecule has 0 bridgehead atoms. The fraction of sp³-hybridized carbons (Fsp3) is 0.300. The van der Waals surface area contributed by atoms with Crippen LogP contribution in [0.15, 0.2) is 58.2 Å². The standard InChI is InChI=1S/C20H21N3O4S/c1-2-15-3-6-17(7-4-15)28(25,26)23-11-9-22(10-12-23)20(24)16-5-8-19-18(13-16)21-14-27-19/h3-8,13-14H,2,9-12H2,1H3. The lowest BCUT2D eigenvalue weighted by Gasteiger charge is -2.34. The van der Waals surface area contributed by atoms with Crippen molar-refractivity contribution in [3.05, 3.63) is 60.0 Å². The molecule has 0 atom stereocenters. The van der Waals surface area contributed by atoms with Gasteiger partial charge < -0.3 is 9.32 Å². The van der Waals surface area contributed by atoms with E-state index in [0.29, 0.717) is 34.6 Å².